The Morgan fingerprint density at radius 2 is 2.08 bits per heavy atom. The van der Waals surface area contributed by atoms with Crippen molar-refractivity contribution < 1.29 is 4.84 Å². The summed E-state index contributed by atoms with van der Waals surface area (Å²) in [6.07, 6.45) is 1.67. The van der Waals surface area contributed by atoms with E-state index < -0.39 is 0 Å². The van der Waals surface area contributed by atoms with Crippen LogP contribution in [0.4, 0.5) is 0 Å². The largest absolute Gasteiger partial charge is 0.399 e. The van der Waals surface area contributed by atoms with Crippen LogP contribution in [0.15, 0.2) is 48.1 Å². The highest BCUT2D eigenvalue weighted by molar-refractivity contribution is 6.07. The molecule has 0 aromatic heterocycles. The molecule has 62 valence electrons. The van der Waals surface area contributed by atoms with Gasteiger partial charge in [-0.1, -0.05) is 42.1 Å². The third-order valence-electron chi connectivity index (χ3n) is 1.45. The standard InChI is InChI=1S/C10H11NO/c1-3-10(11-12-2)9-7-5-4-6-8-9/h3-8H,1H2,2H3/b11-10-. The number of nitrogens with zero attached hydrogens (tertiary/aromatic N) is 1. The van der Waals surface area contributed by atoms with Crippen LogP contribution in [-0.2, 0) is 4.84 Å². The average Bonchev–Trinajstić information content (AvgIpc) is 2.15. The molecule has 2 nitrogen and oxygen atoms in total. The molecule has 2 heteroatoms. The second-order valence-corrected chi connectivity index (χ2v) is 2.23. The first-order chi connectivity index (χ1) is 5.88. The van der Waals surface area contributed by atoms with E-state index in [0.29, 0.717) is 0 Å². The predicted molar refractivity (Wildman–Crippen MR) is 50.2 cm³/mol. The number of hydrogen-bond donors (Lipinski definition) is 0. The minimum absolute atomic E-state index is 0.748. The Bertz CT molecular complexity index is 277. The maximum absolute atomic E-state index is 4.67. The molecule has 1 rings (SSSR count). The maximum Gasteiger partial charge on any atom is 0.109 e. The van der Waals surface area contributed by atoms with Crippen molar-refractivity contribution in [2.75, 3.05) is 7.11 Å². The van der Waals surface area contributed by atoms with Gasteiger partial charge in [-0.15, -0.1) is 0 Å². The molecule has 0 saturated carbocycles. The Morgan fingerprint density at radius 1 is 1.42 bits per heavy atom. The number of benzene rings is 1. The molecular formula is C10H11NO. The molecule has 1 aromatic carbocycles. The lowest BCUT2D eigenvalue weighted by atomic mass is 10.1. The Balaban J connectivity index is 2.96. The summed E-state index contributed by atoms with van der Waals surface area (Å²) in [6, 6.07) is 9.77. The zero-order valence-electron chi connectivity index (χ0n) is 7.03. The molecule has 12 heavy (non-hydrogen) atoms. The quantitative estimate of drug-likeness (QED) is 0.492. The van der Waals surface area contributed by atoms with Crippen LogP contribution >= 0.6 is 0 Å². The summed E-state index contributed by atoms with van der Waals surface area (Å²) in [7, 11) is 1.52. The number of rotatable bonds is 3. The van der Waals surface area contributed by atoms with Crippen LogP contribution in [0.3, 0.4) is 0 Å². The third kappa shape index (κ3) is 1.95. The fourth-order valence-electron chi connectivity index (χ4n) is 0.915. The van der Waals surface area contributed by atoms with Crippen LogP contribution in [0.5, 0.6) is 0 Å². The molecular weight excluding hydrogens is 150 g/mol. The molecule has 0 N–H and O–H groups in total. The summed E-state index contributed by atoms with van der Waals surface area (Å²) in [5.41, 5.74) is 1.76. The Morgan fingerprint density at radius 3 is 2.58 bits per heavy atom. The molecule has 0 aliphatic carbocycles. The van der Waals surface area contributed by atoms with E-state index in [0.717, 1.165) is 11.3 Å². The third-order valence-corrected chi connectivity index (χ3v) is 1.45. The first kappa shape index (κ1) is 8.53. The van der Waals surface area contributed by atoms with E-state index >= 15 is 0 Å². The number of oxime groups is 1. The first-order valence-electron chi connectivity index (χ1n) is 3.67. The lowest BCUT2D eigenvalue weighted by Gasteiger charge is -1.98. The second-order valence-electron chi connectivity index (χ2n) is 2.23. The minimum atomic E-state index is 0.748. The van der Waals surface area contributed by atoms with Gasteiger partial charge in [-0.25, -0.2) is 0 Å². The molecule has 0 bridgehead atoms. The zero-order valence-corrected chi connectivity index (χ0v) is 7.03. The number of hydrogen-bond acceptors (Lipinski definition) is 2. The van der Waals surface area contributed by atoms with E-state index in [4.69, 9.17) is 0 Å². The lowest BCUT2D eigenvalue weighted by Crippen LogP contribution is -1.95. The van der Waals surface area contributed by atoms with E-state index in [1.54, 1.807) is 6.08 Å². The van der Waals surface area contributed by atoms with Crippen LogP contribution in [0.2, 0.25) is 0 Å². The summed E-state index contributed by atoms with van der Waals surface area (Å²) in [5.74, 6) is 0. The van der Waals surface area contributed by atoms with Crippen molar-refractivity contribution in [1.29, 1.82) is 0 Å². The predicted octanol–water partition coefficient (Wildman–Crippen LogP) is 2.22. The van der Waals surface area contributed by atoms with Gasteiger partial charge < -0.3 is 4.84 Å². The molecule has 0 atom stereocenters. The van der Waals surface area contributed by atoms with Crippen molar-refractivity contribution in [3.8, 4) is 0 Å². The highest BCUT2D eigenvalue weighted by Gasteiger charge is 1.96. The fourth-order valence-corrected chi connectivity index (χ4v) is 0.915. The van der Waals surface area contributed by atoms with Crippen LogP contribution < -0.4 is 0 Å². The second kappa shape index (κ2) is 4.34. The van der Waals surface area contributed by atoms with Crippen molar-refractivity contribution in [2.45, 2.75) is 0 Å². The van der Waals surface area contributed by atoms with Gasteiger partial charge in [0.05, 0.1) is 0 Å². The van der Waals surface area contributed by atoms with Gasteiger partial charge in [-0.3, -0.25) is 0 Å². The summed E-state index contributed by atoms with van der Waals surface area (Å²) >= 11 is 0. The van der Waals surface area contributed by atoms with E-state index in [1.165, 1.54) is 7.11 Å². The van der Waals surface area contributed by atoms with E-state index in [9.17, 15) is 0 Å². The monoisotopic (exact) mass is 161 g/mol. The van der Waals surface area contributed by atoms with Gasteiger partial charge in [0, 0.05) is 5.56 Å². The summed E-state index contributed by atoms with van der Waals surface area (Å²) in [6.45, 7) is 3.65. The van der Waals surface area contributed by atoms with E-state index in [1.807, 2.05) is 30.3 Å². The van der Waals surface area contributed by atoms with Crippen molar-refractivity contribution in [2.24, 2.45) is 5.16 Å². The fraction of sp³-hybridized carbons (Fsp3) is 0.100. The van der Waals surface area contributed by atoms with Crippen LogP contribution in [0.1, 0.15) is 5.56 Å². The SMILES string of the molecule is C=C/C(=N/OC)c1ccccc1. The summed E-state index contributed by atoms with van der Waals surface area (Å²) in [4.78, 5) is 4.67. The van der Waals surface area contributed by atoms with Gasteiger partial charge in [0.25, 0.3) is 0 Å². The Hall–Kier alpha value is -1.57. The van der Waals surface area contributed by atoms with Crippen molar-refractivity contribution >= 4 is 5.71 Å². The topological polar surface area (TPSA) is 21.6 Å². The van der Waals surface area contributed by atoms with Gasteiger partial charge in [-0.05, 0) is 6.08 Å². The van der Waals surface area contributed by atoms with Crippen molar-refractivity contribution in [1.82, 2.24) is 0 Å². The van der Waals surface area contributed by atoms with Gasteiger partial charge in [0.2, 0.25) is 0 Å². The highest BCUT2D eigenvalue weighted by Crippen LogP contribution is 2.01. The Labute approximate surface area is 72.2 Å². The molecule has 0 aliphatic rings. The molecule has 0 aliphatic heterocycles. The average molecular weight is 161 g/mol. The molecule has 0 saturated heterocycles. The Kier molecular flexibility index (Phi) is 3.08. The normalized spacial score (nSPS) is 10.9. The van der Waals surface area contributed by atoms with Gasteiger partial charge in [-0.2, -0.15) is 0 Å². The molecule has 1 aromatic rings. The lowest BCUT2D eigenvalue weighted by molar-refractivity contribution is 0.214. The molecule has 0 spiro atoms. The number of allylic oxidation sites excluding steroid dienone is 1. The van der Waals surface area contributed by atoms with Gasteiger partial charge >= 0.3 is 0 Å². The van der Waals surface area contributed by atoms with Crippen LogP contribution in [0.25, 0.3) is 0 Å². The summed E-state index contributed by atoms with van der Waals surface area (Å²) < 4.78 is 0. The van der Waals surface area contributed by atoms with Crippen LogP contribution in [0, 0.1) is 0 Å². The van der Waals surface area contributed by atoms with Gasteiger partial charge in [0.15, 0.2) is 0 Å². The highest BCUT2D eigenvalue weighted by atomic mass is 16.6. The summed E-state index contributed by atoms with van der Waals surface area (Å²) in [5, 5.41) is 3.81. The molecule has 0 unspecified atom stereocenters. The molecule has 0 fully saturated rings. The zero-order chi connectivity index (χ0) is 8.81. The maximum atomic E-state index is 4.67. The van der Waals surface area contributed by atoms with Crippen LogP contribution in [-0.4, -0.2) is 12.8 Å². The van der Waals surface area contributed by atoms with Crippen molar-refractivity contribution in [3.05, 3.63) is 48.6 Å². The molecule has 0 radical (unpaired) electrons. The molecule has 0 heterocycles. The van der Waals surface area contributed by atoms with E-state index in [-0.39, 0.29) is 0 Å². The van der Waals surface area contributed by atoms with Crippen molar-refractivity contribution in [3.63, 3.8) is 0 Å². The molecule has 0 amide bonds. The van der Waals surface area contributed by atoms with Gasteiger partial charge in [0.1, 0.15) is 12.8 Å². The smallest absolute Gasteiger partial charge is 0.109 e. The minimum Gasteiger partial charge on any atom is -0.399 e. The van der Waals surface area contributed by atoms with E-state index in [2.05, 4.69) is 16.6 Å². The first-order valence-corrected chi connectivity index (χ1v) is 3.67.